The van der Waals surface area contributed by atoms with Crippen LogP contribution in [0, 0.1) is 5.92 Å². The number of nitrogens with one attached hydrogen (secondary N) is 2. The summed E-state index contributed by atoms with van der Waals surface area (Å²) in [5.74, 6) is -0.237. The zero-order chi connectivity index (χ0) is 13.4. The first-order valence-electron chi connectivity index (χ1n) is 6.90. The monoisotopic (exact) mass is 256 g/mol. The Labute approximate surface area is 108 Å². The van der Waals surface area contributed by atoms with Gasteiger partial charge >= 0.3 is 12.0 Å². The van der Waals surface area contributed by atoms with E-state index in [0.717, 1.165) is 18.8 Å². The summed E-state index contributed by atoms with van der Waals surface area (Å²) in [5.41, 5.74) is 0. The van der Waals surface area contributed by atoms with Gasteiger partial charge in [-0.05, 0) is 18.8 Å². The lowest BCUT2D eigenvalue weighted by Gasteiger charge is -2.15. The molecule has 0 bridgehead atoms. The average molecular weight is 256 g/mol. The third-order valence-electron chi connectivity index (χ3n) is 3.49. The molecule has 0 radical (unpaired) electrons. The molecule has 104 valence electrons. The molecular weight excluding hydrogens is 232 g/mol. The van der Waals surface area contributed by atoms with Gasteiger partial charge < -0.3 is 15.7 Å². The molecular formula is C13H24N2O3. The fourth-order valence-electron chi connectivity index (χ4n) is 2.44. The molecule has 0 unspecified atom stereocenters. The minimum Gasteiger partial charge on any atom is -0.480 e. The lowest BCUT2D eigenvalue weighted by Crippen LogP contribution is -2.46. The summed E-state index contributed by atoms with van der Waals surface area (Å²) in [6.07, 6.45) is 7.32. The summed E-state index contributed by atoms with van der Waals surface area (Å²) in [6, 6.07) is -1.14. The Kier molecular flexibility index (Phi) is 6.54. The zero-order valence-corrected chi connectivity index (χ0v) is 11.1. The number of carboxylic acid groups (broad SMARTS) is 1. The minimum atomic E-state index is -0.970. The number of hydrogen-bond acceptors (Lipinski definition) is 2. The number of aliphatic carboxylic acids is 1. The summed E-state index contributed by atoms with van der Waals surface area (Å²) in [7, 11) is 0. The van der Waals surface area contributed by atoms with Crippen LogP contribution in [0.5, 0.6) is 0 Å². The molecule has 0 aromatic rings. The predicted molar refractivity (Wildman–Crippen MR) is 69.4 cm³/mol. The lowest BCUT2D eigenvalue weighted by atomic mass is 10.0. The summed E-state index contributed by atoms with van der Waals surface area (Å²) in [4.78, 5) is 22.4. The zero-order valence-electron chi connectivity index (χ0n) is 11.1. The van der Waals surface area contributed by atoms with E-state index < -0.39 is 12.0 Å². The molecule has 1 saturated carbocycles. The van der Waals surface area contributed by atoms with E-state index in [0.29, 0.717) is 13.0 Å². The minimum absolute atomic E-state index is 0.367. The number of urea groups is 1. The SMILES string of the molecule is CCC[C@H](NC(=O)NCCC1CCCC1)C(=O)O. The third-order valence-corrected chi connectivity index (χ3v) is 3.49. The quantitative estimate of drug-likeness (QED) is 0.653. The molecule has 0 aromatic heterocycles. The van der Waals surface area contributed by atoms with E-state index in [1.807, 2.05) is 6.92 Å². The van der Waals surface area contributed by atoms with E-state index in [1.165, 1.54) is 25.7 Å². The first-order chi connectivity index (χ1) is 8.63. The van der Waals surface area contributed by atoms with Crippen LogP contribution in [0.15, 0.2) is 0 Å². The molecule has 1 atom stereocenters. The van der Waals surface area contributed by atoms with Crippen LogP contribution in [-0.2, 0) is 4.79 Å². The predicted octanol–water partition coefficient (Wildman–Crippen LogP) is 2.12. The number of hydrogen-bond donors (Lipinski definition) is 3. The van der Waals surface area contributed by atoms with Crippen molar-refractivity contribution in [3.8, 4) is 0 Å². The normalized spacial score (nSPS) is 17.4. The topological polar surface area (TPSA) is 78.4 Å². The largest absolute Gasteiger partial charge is 0.480 e. The Morgan fingerprint density at radius 1 is 1.33 bits per heavy atom. The van der Waals surface area contributed by atoms with Gasteiger partial charge in [-0.3, -0.25) is 0 Å². The highest BCUT2D eigenvalue weighted by Gasteiger charge is 2.19. The van der Waals surface area contributed by atoms with E-state index in [-0.39, 0.29) is 6.03 Å². The first kappa shape index (κ1) is 14.8. The van der Waals surface area contributed by atoms with E-state index in [4.69, 9.17) is 5.11 Å². The molecule has 0 spiro atoms. The molecule has 1 rings (SSSR count). The second-order valence-electron chi connectivity index (χ2n) is 5.02. The summed E-state index contributed by atoms with van der Waals surface area (Å²) < 4.78 is 0. The van der Waals surface area contributed by atoms with Crippen LogP contribution in [0.2, 0.25) is 0 Å². The van der Waals surface area contributed by atoms with Crippen molar-refractivity contribution in [2.45, 2.75) is 57.9 Å². The van der Waals surface area contributed by atoms with Crippen LogP contribution in [0.3, 0.4) is 0 Å². The van der Waals surface area contributed by atoms with Crippen molar-refractivity contribution in [2.24, 2.45) is 5.92 Å². The molecule has 2 amide bonds. The average Bonchev–Trinajstić information content (AvgIpc) is 2.81. The van der Waals surface area contributed by atoms with Gasteiger partial charge in [-0.25, -0.2) is 9.59 Å². The standard InChI is InChI=1S/C13H24N2O3/c1-2-5-11(12(16)17)15-13(18)14-9-8-10-6-3-4-7-10/h10-11H,2-9H2,1H3,(H,16,17)(H2,14,15,18)/t11-/m0/s1. The molecule has 1 fully saturated rings. The fraction of sp³-hybridized carbons (Fsp3) is 0.846. The lowest BCUT2D eigenvalue weighted by molar-refractivity contribution is -0.139. The Morgan fingerprint density at radius 2 is 2.00 bits per heavy atom. The molecule has 1 aliphatic carbocycles. The maximum atomic E-state index is 11.5. The van der Waals surface area contributed by atoms with Crippen molar-refractivity contribution in [2.75, 3.05) is 6.54 Å². The molecule has 0 saturated heterocycles. The maximum Gasteiger partial charge on any atom is 0.326 e. The van der Waals surface area contributed by atoms with Gasteiger partial charge in [-0.2, -0.15) is 0 Å². The number of carboxylic acids is 1. The first-order valence-corrected chi connectivity index (χ1v) is 6.90. The molecule has 1 aliphatic rings. The van der Waals surface area contributed by atoms with Crippen molar-refractivity contribution in [1.82, 2.24) is 10.6 Å². The van der Waals surface area contributed by atoms with Gasteiger partial charge in [-0.15, -0.1) is 0 Å². The van der Waals surface area contributed by atoms with Gasteiger partial charge in [0.25, 0.3) is 0 Å². The number of rotatable bonds is 7. The molecule has 0 aliphatic heterocycles. The maximum absolute atomic E-state index is 11.5. The van der Waals surface area contributed by atoms with E-state index in [1.54, 1.807) is 0 Å². The van der Waals surface area contributed by atoms with E-state index >= 15 is 0 Å². The molecule has 3 N–H and O–H groups in total. The van der Waals surface area contributed by atoms with Gasteiger partial charge in [0.1, 0.15) is 6.04 Å². The Hall–Kier alpha value is -1.26. The van der Waals surface area contributed by atoms with Crippen molar-refractivity contribution in [1.29, 1.82) is 0 Å². The van der Waals surface area contributed by atoms with Gasteiger partial charge in [-0.1, -0.05) is 39.0 Å². The van der Waals surface area contributed by atoms with Crippen molar-refractivity contribution >= 4 is 12.0 Å². The van der Waals surface area contributed by atoms with Crippen LogP contribution in [0.4, 0.5) is 4.79 Å². The molecule has 0 heterocycles. The molecule has 18 heavy (non-hydrogen) atoms. The van der Waals surface area contributed by atoms with Crippen LogP contribution < -0.4 is 10.6 Å². The highest BCUT2D eigenvalue weighted by Crippen LogP contribution is 2.26. The number of carbonyl (C=O) groups is 2. The van der Waals surface area contributed by atoms with Crippen LogP contribution >= 0.6 is 0 Å². The van der Waals surface area contributed by atoms with Crippen molar-refractivity contribution < 1.29 is 14.7 Å². The van der Waals surface area contributed by atoms with E-state index in [2.05, 4.69) is 10.6 Å². The number of amides is 2. The highest BCUT2D eigenvalue weighted by atomic mass is 16.4. The van der Waals surface area contributed by atoms with Crippen LogP contribution in [0.1, 0.15) is 51.9 Å². The van der Waals surface area contributed by atoms with Gasteiger partial charge in [0.05, 0.1) is 0 Å². The summed E-state index contributed by atoms with van der Waals surface area (Å²) in [5, 5.41) is 14.1. The Morgan fingerprint density at radius 3 is 2.56 bits per heavy atom. The van der Waals surface area contributed by atoms with Crippen LogP contribution in [0.25, 0.3) is 0 Å². The second-order valence-corrected chi connectivity index (χ2v) is 5.02. The molecule has 5 nitrogen and oxygen atoms in total. The Bertz CT molecular complexity index is 275. The smallest absolute Gasteiger partial charge is 0.326 e. The Balaban J connectivity index is 2.16. The fourth-order valence-corrected chi connectivity index (χ4v) is 2.44. The summed E-state index contributed by atoms with van der Waals surface area (Å²) in [6.45, 7) is 2.53. The summed E-state index contributed by atoms with van der Waals surface area (Å²) >= 11 is 0. The van der Waals surface area contributed by atoms with Gasteiger partial charge in [0, 0.05) is 6.54 Å². The van der Waals surface area contributed by atoms with Crippen molar-refractivity contribution in [3.05, 3.63) is 0 Å². The number of carbonyl (C=O) groups excluding carboxylic acids is 1. The third kappa shape index (κ3) is 5.38. The molecule has 0 aromatic carbocycles. The second kappa shape index (κ2) is 7.95. The van der Waals surface area contributed by atoms with Crippen LogP contribution in [-0.4, -0.2) is 29.7 Å². The van der Waals surface area contributed by atoms with Crippen molar-refractivity contribution in [3.63, 3.8) is 0 Å². The van der Waals surface area contributed by atoms with Gasteiger partial charge in [0.15, 0.2) is 0 Å². The molecule has 5 heteroatoms. The van der Waals surface area contributed by atoms with E-state index in [9.17, 15) is 9.59 Å². The highest BCUT2D eigenvalue weighted by molar-refractivity contribution is 5.82. The van der Waals surface area contributed by atoms with Gasteiger partial charge in [0.2, 0.25) is 0 Å².